The normalized spacial score (nSPS) is 10.0. The van der Waals surface area contributed by atoms with Crippen LogP contribution in [0.2, 0.25) is 0 Å². The highest BCUT2D eigenvalue weighted by Gasteiger charge is 2.11. The molecule has 0 aliphatic rings. The highest BCUT2D eigenvalue weighted by atomic mass is 19.3. The summed E-state index contributed by atoms with van der Waals surface area (Å²) in [7, 11) is 1.36. The third-order valence-corrected chi connectivity index (χ3v) is 2.52. The van der Waals surface area contributed by atoms with Crippen molar-refractivity contribution < 1.29 is 18.3 Å². The van der Waals surface area contributed by atoms with E-state index in [0.717, 1.165) is 0 Å². The number of ether oxygens (including phenoxy) is 2. The molecule has 7 heteroatoms. The summed E-state index contributed by atoms with van der Waals surface area (Å²) in [5.74, 6) is 0.524. The first-order valence-corrected chi connectivity index (χ1v) is 5.89. The van der Waals surface area contributed by atoms with Gasteiger partial charge in [-0.05, 0) is 24.3 Å². The van der Waals surface area contributed by atoms with Gasteiger partial charge in [0.25, 0.3) is 0 Å². The first-order chi connectivity index (χ1) is 10.1. The van der Waals surface area contributed by atoms with Crippen LogP contribution in [0.5, 0.6) is 11.5 Å². The third kappa shape index (κ3) is 3.79. The number of nitrogens with one attached hydrogen (secondary N) is 1. The number of nitrogens with zero attached hydrogens (tertiary/aromatic N) is 2. The van der Waals surface area contributed by atoms with Crippen LogP contribution in [0.3, 0.4) is 0 Å². The molecule has 0 radical (unpaired) electrons. The second-order valence-electron chi connectivity index (χ2n) is 3.89. The molecule has 0 bridgehead atoms. The summed E-state index contributed by atoms with van der Waals surface area (Å²) in [6.07, 6.45) is 0. The molecule has 0 fully saturated rings. The Labute approximate surface area is 119 Å². The molecule has 1 aromatic heterocycles. The number of halogens is 2. The number of hydrogen-bond donors (Lipinski definition) is 1. The van der Waals surface area contributed by atoms with Gasteiger partial charge in [0.15, 0.2) is 11.5 Å². The van der Waals surface area contributed by atoms with E-state index in [0.29, 0.717) is 11.5 Å². The van der Waals surface area contributed by atoms with Crippen LogP contribution in [0.15, 0.2) is 36.4 Å². The molecule has 0 atom stereocenters. The van der Waals surface area contributed by atoms with Crippen LogP contribution in [0, 0.1) is 11.3 Å². The van der Waals surface area contributed by atoms with Gasteiger partial charge in [0.1, 0.15) is 17.6 Å². The van der Waals surface area contributed by atoms with Crippen LogP contribution in [-0.2, 0) is 0 Å². The lowest BCUT2D eigenvalue weighted by atomic mass is 10.2. The van der Waals surface area contributed by atoms with Gasteiger partial charge in [0, 0.05) is 11.8 Å². The quantitative estimate of drug-likeness (QED) is 0.915. The molecule has 2 rings (SSSR count). The van der Waals surface area contributed by atoms with E-state index in [1.807, 2.05) is 6.07 Å². The van der Waals surface area contributed by atoms with Crippen molar-refractivity contribution in [1.82, 2.24) is 4.98 Å². The number of pyridine rings is 1. The highest BCUT2D eigenvalue weighted by Crippen LogP contribution is 2.32. The molecular formula is C14H11F2N3O2. The number of nitriles is 1. The molecule has 108 valence electrons. The first-order valence-electron chi connectivity index (χ1n) is 5.89. The molecule has 1 heterocycles. The van der Waals surface area contributed by atoms with Gasteiger partial charge in [0.05, 0.1) is 7.11 Å². The summed E-state index contributed by atoms with van der Waals surface area (Å²) in [6.45, 7) is -2.95. The van der Waals surface area contributed by atoms with E-state index in [9.17, 15) is 8.78 Å². The van der Waals surface area contributed by atoms with Gasteiger partial charge < -0.3 is 14.8 Å². The number of anilines is 2. The zero-order valence-corrected chi connectivity index (χ0v) is 11.0. The van der Waals surface area contributed by atoms with E-state index < -0.39 is 6.61 Å². The topological polar surface area (TPSA) is 67.2 Å². The molecule has 5 nitrogen and oxygen atoms in total. The molecule has 0 aliphatic carbocycles. The highest BCUT2D eigenvalue weighted by molar-refractivity contribution is 5.61. The molecule has 1 aromatic carbocycles. The predicted molar refractivity (Wildman–Crippen MR) is 71.9 cm³/mol. The van der Waals surface area contributed by atoms with Gasteiger partial charge in [-0.25, -0.2) is 4.98 Å². The smallest absolute Gasteiger partial charge is 0.387 e. The number of aromatic nitrogens is 1. The molecule has 0 amide bonds. The van der Waals surface area contributed by atoms with Crippen molar-refractivity contribution in [1.29, 1.82) is 5.26 Å². The number of rotatable bonds is 5. The number of benzene rings is 1. The fourth-order valence-corrected chi connectivity index (χ4v) is 1.66. The van der Waals surface area contributed by atoms with E-state index in [1.165, 1.54) is 19.2 Å². The van der Waals surface area contributed by atoms with Gasteiger partial charge in [-0.2, -0.15) is 14.0 Å². The Morgan fingerprint density at radius 2 is 2.05 bits per heavy atom. The minimum absolute atomic E-state index is 0.0889. The van der Waals surface area contributed by atoms with E-state index in [2.05, 4.69) is 15.0 Å². The van der Waals surface area contributed by atoms with Crippen molar-refractivity contribution in [3.63, 3.8) is 0 Å². The SMILES string of the molecule is COc1ccc(Nc2cccc(C#N)n2)cc1OC(F)F. The predicted octanol–water partition coefficient (Wildman–Crippen LogP) is 3.31. The fourth-order valence-electron chi connectivity index (χ4n) is 1.66. The van der Waals surface area contributed by atoms with Crippen molar-refractivity contribution in [2.75, 3.05) is 12.4 Å². The standard InChI is InChI=1S/C14H11F2N3O2/c1-20-11-6-5-9(7-12(11)21-14(15)16)18-13-4-2-3-10(8-17)19-13/h2-7,14H,1H3,(H,18,19). The lowest BCUT2D eigenvalue weighted by Crippen LogP contribution is -2.04. The number of hydrogen-bond acceptors (Lipinski definition) is 5. The summed E-state index contributed by atoms with van der Waals surface area (Å²) >= 11 is 0. The lowest BCUT2D eigenvalue weighted by molar-refractivity contribution is -0.0511. The molecule has 0 saturated carbocycles. The van der Waals surface area contributed by atoms with Gasteiger partial charge in [-0.15, -0.1) is 0 Å². The van der Waals surface area contributed by atoms with E-state index in [1.54, 1.807) is 24.3 Å². The van der Waals surface area contributed by atoms with E-state index >= 15 is 0 Å². The minimum atomic E-state index is -2.95. The van der Waals surface area contributed by atoms with Gasteiger partial charge in [-0.1, -0.05) is 6.07 Å². The zero-order valence-electron chi connectivity index (χ0n) is 11.0. The van der Waals surface area contributed by atoms with Crippen LogP contribution in [-0.4, -0.2) is 18.7 Å². The Balaban J connectivity index is 2.25. The summed E-state index contributed by atoms with van der Waals surface area (Å²) < 4.78 is 34.0. The monoisotopic (exact) mass is 291 g/mol. The van der Waals surface area contributed by atoms with Gasteiger partial charge >= 0.3 is 6.61 Å². The van der Waals surface area contributed by atoms with Gasteiger partial charge in [0.2, 0.25) is 0 Å². The Morgan fingerprint density at radius 1 is 1.24 bits per heavy atom. The van der Waals surface area contributed by atoms with E-state index in [-0.39, 0.29) is 17.2 Å². The second-order valence-corrected chi connectivity index (χ2v) is 3.89. The number of methoxy groups -OCH3 is 1. The molecule has 0 aliphatic heterocycles. The zero-order chi connectivity index (χ0) is 15.2. The number of alkyl halides is 2. The van der Waals surface area contributed by atoms with Crippen LogP contribution >= 0.6 is 0 Å². The molecular weight excluding hydrogens is 280 g/mol. The molecule has 21 heavy (non-hydrogen) atoms. The summed E-state index contributed by atoms with van der Waals surface area (Å²) in [4.78, 5) is 4.03. The van der Waals surface area contributed by atoms with Crippen LogP contribution in [0.4, 0.5) is 20.3 Å². The molecule has 2 aromatic rings. The van der Waals surface area contributed by atoms with Crippen molar-refractivity contribution >= 4 is 11.5 Å². The minimum Gasteiger partial charge on any atom is -0.493 e. The maximum absolute atomic E-state index is 12.3. The Morgan fingerprint density at radius 3 is 2.71 bits per heavy atom. The summed E-state index contributed by atoms with van der Waals surface area (Å²) in [5, 5.41) is 11.7. The van der Waals surface area contributed by atoms with Crippen molar-refractivity contribution in [2.24, 2.45) is 0 Å². The summed E-state index contributed by atoms with van der Waals surface area (Å²) in [5.41, 5.74) is 0.728. The Hall–Kier alpha value is -2.88. The summed E-state index contributed by atoms with van der Waals surface area (Å²) in [6, 6.07) is 11.3. The van der Waals surface area contributed by atoms with Crippen molar-refractivity contribution in [2.45, 2.75) is 6.61 Å². The van der Waals surface area contributed by atoms with Crippen LogP contribution < -0.4 is 14.8 Å². The average Bonchev–Trinajstić information content (AvgIpc) is 2.47. The Bertz CT molecular complexity index is 672. The van der Waals surface area contributed by atoms with Crippen LogP contribution in [0.25, 0.3) is 0 Å². The molecule has 0 spiro atoms. The maximum atomic E-state index is 12.3. The average molecular weight is 291 g/mol. The largest absolute Gasteiger partial charge is 0.493 e. The van der Waals surface area contributed by atoms with Crippen molar-refractivity contribution in [3.05, 3.63) is 42.1 Å². The molecule has 0 saturated heterocycles. The Kier molecular flexibility index (Phi) is 4.51. The second kappa shape index (κ2) is 6.52. The lowest BCUT2D eigenvalue weighted by Gasteiger charge is -2.12. The molecule has 0 unspecified atom stereocenters. The first kappa shape index (κ1) is 14.5. The maximum Gasteiger partial charge on any atom is 0.387 e. The van der Waals surface area contributed by atoms with Crippen molar-refractivity contribution in [3.8, 4) is 17.6 Å². The molecule has 1 N–H and O–H groups in total. The van der Waals surface area contributed by atoms with Gasteiger partial charge in [-0.3, -0.25) is 0 Å². The fraction of sp³-hybridized carbons (Fsp3) is 0.143. The van der Waals surface area contributed by atoms with E-state index in [4.69, 9.17) is 10.00 Å². The third-order valence-electron chi connectivity index (χ3n) is 2.52. The van der Waals surface area contributed by atoms with Crippen LogP contribution in [0.1, 0.15) is 5.69 Å².